The minimum absolute atomic E-state index is 1.08. The monoisotopic (exact) mass is 374 g/mol. The molecule has 0 saturated carbocycles. The van der Waals surface area contributed by atoms with Crippen molar-refractivity contribution < 1.29 is 0 Å². The standard InChI is InChI=1S/2C11H11N.2C2H6/c1-8-3-4-10-5-9(2)7-12-11(10)6-8;1-8-7-12-9(2)11-6-4-3-5-10(8)11;2*1-2/h2*3-7H,1-2H3;2*1-2H3. The first-order chi connectivity index (χ1) is 13.5. The quantitative estimate of drug-likeness (QED) is 0.314. The van der Waals surface area contributed by atoms with Gasteiger partial charge in [0.05, 0.1) is 5.52 Å². The van der Waals surface area contributed by atoms with E-state index in [9.17, 15) is 0 Å². The van der Waals surface area contributed by atoms with E-state index in [0.29, 0.717) is 0 Å². The Hall–Kier alpha value is -2.74. The molecule has 2 nitrogen and oxygen atoms in total. The lowest BCUT2D eigenvalue weighted by Crippen LogP contribution is -1.86. The number of hydrogen-bond acceptors (Lipinski definition) is 2. The summed E-state index contributed by atoms with van der Waals surface area (Å²) in [5.41, 5.74) is 5.92. The van der Waals surface area contributed by atoms with Crippen molar-refractivity contribution in [2.75, 3.05) is 0 Å². The van der Waals surface area contributed by atoms with E-state index in [0.717, 1.165) is 11.2 Å². The Morgan fingerprint density at radius 3 is 1.89 bits per heavy atom. The molecule has 148 valence electrons. The highest BCUT2D eigenvalue weighted by Gasteiger charge is 1.98. The molecule has 0 amide bonds. The number of hydrogen-bond donors (Lipinski definition) is 0. The summed E-state index contributed by atoms with van der Waals surface area (Å²) >= 11 is 0. The van der Waals surface area contributed by atoms with Crippen molar-refractivity contribution in [3.05, 3.63) is 83.3 Å². The third-order valence-corrected chi connectivity index (χ3v) is 4.17. The number of aryl methyl sites for hydroxylation is 4. The third kappa shape index (κ3) is 6.16. The molecule has 4 aromatic rings. The van der Waals surface area contributed by atoms with Gasteiger partial charge in [-0.25, -0.2) is 0 Å². The van der Waals surface area contributed by atoms with Crippen LogP contribution < -0.4 is 0 Å². The number of fused-ring (bicyclic) bond motifs is 2. The highest BCUT2D eigenvalue weighted by atomic mass is 14.7. The van der Waals surface area contributed by atoms with Crippen molar-refractivity contribution >= 4 is 21.7 Å². The molecule has 0 spiro atoms. The molecule has 0 aliphatic rings. The molecule has 0 bridgehead atoms. The second kappa shape index (κ2) is 11.9. The lowest BCUT2D eigenvalue weighted by Gasteiger charge is -2.02. The van der Waals surface area contributed by atoms with Gasteiger partial charge in [0.2, 0.25) is 0 Å². The van der Waals surface area contributed by atoms with E-state index in [-0.39, 0.29) is 0 Å². The van der Waals surface area contributed by atoms with Gasteiger partial charge >= 0.3 is 0 Å². The molecule has 2 aromatic carbocycles. The Labute approximate surface area is 170 Å². The fourth-order valence-corrected chi connectivity index (χ4v) is 2.82. The maximum atomic E-state index is 4.34. The first kappa shape index (κ1) is 23.3. The van der Waals surface area contributed by atoms with Crippen LogP contribution in [0.15, 0.2) is 60.9 Å². The fraction of sp³-hybridized carbons (Fsp3) is 0.308. The zero-order valence-electron chi connectivity index (χ0n) is 18.7. The molecular formula is C26H34N2. The highest BCUT2D eigenvalue weighted by Crippen LogP contribution is 2.19. The molecule has 2 aromatic heterocycles. The first-order valence-electron chi connectivity index (χ1n) is 10.2. The topological polar surface area (TPSA) is 25.8 Å². The molecule has 0 unspecified atom stereocenters. The first-order valence-corrected chi connectivity index (χ1v) is 10.2. The van der Waals surface area contributed by atoms with Gasteiger partial charge in [0.25, 0.3) is 0 Å². The highest BCUT2D eigenvalue weighted by molar-refractivity contribution is 5.86. The number of pyridine rings is 2. The van der Waals surface area contributed by atoms with Crippen LogP contribution in [-0.2, 0) is 0 Å². The normalized spacial score (nSPS) is 9.43. The summed E-state index contributed by atoms with van der Waals surface area (Å²) in [4.78, 5) is 8.65. The molecule has 0 radical (unpaired) electrons. The largest absolute Gasteiger partial charge is 0.261 e. The van der Waals surface area contributed by atoms with E-state index in [4.69, 9.17) is 0 Å². The van der Waals surface area contributed by atoms with Gasteiger partial charge in [-0.3, -0.25) is 9.97 Å². The lowest BCUT2D eigenvalue weighted by atomic mass is 10.1. The van der Waals surface area contributed by atoms with E-state index >= 15 is 0 Å². The molecule has 0 saturated heterocycles. The van der Waals surface area contributed by atoms with Crippen molar-refractivity contribution in [1.82, 2.24) is 9.97 Å². The molecule has 0 fully saturated rings. The van der Waals surface area contributed by atoms with Crippen molar-refractivity contribution in [2.45, 2.75) is 55.4 Å². The van der Waals surface area contributed by atoms with Crippen molar-refractivity contribution in [2.24, 2.45) is 0 Å². The molecule has 2 heterocycles. The summed E-state index contributed by atoms with van der Waals surface area (Å²) < 4.78 is 0. The third-order valence-electron chi connectivity index (χ3n) is 4.17. The van der Waals surface area contributed by atoms with Gasteiger partial charge < -0.3 is 0 Å². The summed E-state index contributed by atoms with van der Waals surface area (Å²) in [6, 6.07) is 16.9. The van der Waals surface area contributed by atoms with Crippen LogP contribution in [0.1, 0.15) is 50.1 Å². The van der Waals surface area contributed by atoms with Gasteiger partial charge in [0, 0.05) is 28.9 Å². The maximum absolute atomic E-state index is 4.34. The number of aromatic nitrogens is 2. The Bertz CT molecular complexity index is 922. The molecular weight excluding hydrogens is 340 g/mol. The van der Waals surface area contributed by atoms with Crippen LogP contribution in [0, 0.1) is 27.7 Å². The Balaban J connectivity index is 0.000000238. The Morgan fingerprint density at radius 2 is 1.25 bits per heavy atom. The summed E-state index contributed by atoms with van der Waals surface area (Å²) in [7, 11) is 0. The van der Waals surface area contributed by atoms with Crippen LogP contribution in [0.3, 0.4) is 0 Å². The molecule has 0 aliphatic heterocycles. The SMILES string of the molecule is CC.CC.Cc1cnc(C)c2ccccc12.Cc1cnc2cc(C)ccc2c1. The maximum Gasteiger partial charge on any atom is 0.0704 e. The number of nitrogens with zero attached hydrogens (tertiary/aromatic N) is 2. The van der Waals surface area contributed by atoms with E-state index < -0.39 is 0 Å². The molecule has 4 rings (SSSR count). The molecule has 2 heteroatoms. The molecule has 28 heavy (non-hydrogen) atoms. The smallest absolute Gasteiger partial charge is 0.0704 e. The van der Waals surface area contributed by atoms with Crippen LogP contribution in [0.5, 0.6) is 0 Å². The van der Waals surface area contributed by atoms with Gasteiger partial charge in [-0.2, -0.15) is 0 Å². The Kier molecular flexibility index (Phi) is 9.87. The number of rotatable bonds is 0. The van der Waals surface area contributed by atoms with Crippen LogP contribution in [0.2, 0.25) is 0 Å². The Morgan fingerprint density at radius 1 is 0.607 bits per heavy atom. The van der Waals surface area contributed by atoms with Crippen molar-refractivity contribution in [3.8, 4) is 0 Å². The predicted octanol–water partition coefficient (Wildman–Crippen LogP) is 7.76. The van der Waals surface area contributed by atoms with Gasteiger partial charge in [-0.1, -0.05) is 64.1 Å². The van der Waals surface area contributed by atoms with Crippen LogP contribution in [0.4, 0.5) is 0 Å². The molecule has 0 atom stereocenters. The van der Waals surface area contributed by atoms with Crippen LogP contribution >= 0.6 is 0 Å². The van der Waals surface area contributed by atoms with Crippen LogP contribution in [0.25, 0.3) is 21.7 Å². The zero-order chi connectivity index (χ0) is 21.1. The lowest BCUT2D eigenvalue weighted by molar-refractivity contribution is 1.21. The second-order valence-electron chi connectivity index (χ2n) is 6.28. The van der Waals surface area contributed by atoms with Gasteiger partial charge in [0.1, 0.15) is 0 Å². The van der Waals surface area contributed by atoms with Gasteiger partial charge in [-0.05, 0) is 61.9 Å². The van der Waals surface area contributed by atoms with Crippen LogP contribution in [-0.4, -0.2) is 9.97 Å². The van der Waals surface area contributed by atoms with Gasteiger partial charge in [-0.15, -0.1) is 0 Å². The zero-order valence-corrected chi connectivity index (χ0v) is 18.7. The fourth-order valence-electron chi connectivity index (χ4n) is 2.82. The summed E-state index contributed by atoms with van der Waals surface area (Å²) in [6.45, 7) is 16.3. The summed E-state index contributed by atoms with van der Waals surface area (Å²) in [5.74, 6) is 0. The van der Waals surface area contributed by atoms with E-state index in [2.05, 4.69) is 79.3 Å². The van der Waals surface area contributed by atoms with E-state index in [1.165, 1.54) is 32.8 Å². The second-order valence-corrected chi connectivity index (χ2v) is 6.28. The van der Waals surface area contributed by atoms with E-state index in [1.54, 1.807) is 0 Å². The summed E-state index contributed by atoms with van der Waals surface area (Å²) in [5, 5.41) is 3.79. The van der Waals surface area contributed by atoms with E-state index in [1.807, 2.05) is 47.0 Å². The minimum Gasteiger partial charge on any atom is -0.261 e. The minimum atomic E-state index is 1.08. The number of benzene rings is 2. The van der Waals surface area contributed by atoms with Crippen molar-refractivity contribution in [1.29, 1.82) is 0 Å². The van der Waals surface area contributed by atoms with Gasteiger partial charge in [0.15, 0.2) is 0 Å². The molecule has 0 aliphatic carbocycles. The summed E-state index contributed by atoms with van der Waals surface area (Å²) in [6.07, 6.45) is 3.83. The average Bonchev–Trinajstić information content (AvgIpc) is 2.75. The van der Waals surface area contributed by atoms with Crippen molar-refractivity contribution in [3.63, 3.8) is 0 Å². The average molecular weight is 375 g/mol. The predicted molar refractivity (Wildman–Crippen MR) is 125 cm³/mol. The molecule has 0 N–H and O–H groups in total.